The number of fused-ring (bicyclic) bond motifs is 1. The highest BCUT2D eigenvalue weighted by atomic mass is 35.5. The van der Waals surface area contributed by atoms with Crippen LogP contribution in [0.3, 0.4) is 0 Å². The van der Waals surface area contributed by atoms with E-state index in [2.05, 4.69) is 35.4 Å². The molecule has 0 spiro atoms. The summed E-state index contributed by atoms with van der Waals surface area (Å²) in [7, 11) is 1.97. The third-order valence-electron chi connectivity index (χ3n) is 5.25. The molecular formula is C21H20ClF3N4O2. The summed E-state index contributed by atoms with van der Waals surface area (Å²) in [6, 6.07) is 5.85. The molecule has 1 aliphatic rings. The standard InChI is InChI=1S/C21H20ClF3N4O2/c1-12-10-20(2,3)28(4)18-9-16(22)13(7-15(12)18)11-26-27-17-6-5-14(21(23,24)25)8-19(17)29(30)31/h5-11,27H,1-4H3/b26-11+. The van der Waals surface area contributed by atoms with Crippen LogP contribution in [0.2, 0.25) is 5.02 Å². The summed E-state index contributed by atoms with van der Waals surface area (Å²) in [5, 5.41) is 15.6. The topological polar surface area (TPSA) is 70.8 Å². The Bertz CT molecular complexity index is 1110. The van der Waals surface area contributed by atoms with Gasteiger partial charge in [0, 0.05) is 29.9 Å². The normalized spacial score (nSPS) is 15.6. The molecule has 0 atom stereocenters. The number of likely N-dealkylation sites (N-methyl/N-ethyl adjacent to an activating group) is 1. The SMILES string of the molecule is CC1=CC(C)(C)N(C)c2cc(Cl)c(/C=N/Nc3ccc(C(F)(F)F)cc3[N+](=O)[O-])cc21. The van der Waals surface area contributed by atoms with E-state index in [1.54, 1.807) is 0 Å². The molecular weight excluding hydrogens is 433 g/mol. The van der Waals surface area contributed by atoms with Gasteiger partial charge in [-0.1, -0.05) is 17.7 Å². The van der Waals surface area contributed by atoms with E-state index in [-0.39, 0.29) is 11.2 Å². The molecule has 1 N–H and O–H groups in total. The van der Waals surface area contributed by atoms with Gasteiger partial charge in [0.2, 0.25) is 0 Å². The van der Waals surface area contributed by atoms with Crippen molar-refractivity contribution in [2.75, 3.05) is 17.4 Å². The molecule has 1 heterocycles. The van der Waals surface area contributed by atoms with Crippen molar-refractivity contribution < 1.29 is 18.1 Å². The molecule has 0 fully saturated rings. The number of hydrogen-bond donors (Lipinski definition) is 1. The summed E-state index contributed by atoms with van der Waals surface area (Å²) >= 11 is 6.40. The summed E-state index contributed by atoms with van der Waals surface area (Å²) in [6.07, 6.45) is -1.18. The lowest BCUT2D eigenvalue weighted by Crippen LogP contribution is -2.42. The van der Waals surface area contributed by atoms with Gasteiger partial charge < -0.3 is 4.90 Å². The first-order valence-corrected chi connectivity index (χ1v) is 9.61. The van der Waals surface area contributed by atoms with Crippen LogP contribution >= 0.6 is 11.6 Å². The van der Waals surface area contributed by atoms with Crippen LogP contribution in [0.4, 0.5) is 30.2 Å². The van der Waals surface area contributed by atoms with Crippen LogP contribution in [0.25, 0.3) is 5.57 Å². The number of rotatable bonds is 4. The molecule has 0 aromatic heterocycles. The molecule has 164 valence electrons. The van der Waals surface area contributed by atoms with Gasteiger partial charge in [-0.3, -0.25) is 15.5 Å². The molecule has 1 aliphatic heterocycles. The molecule has 0 radical (unpaired) electrons. The zero-order valence-corrected chi connectivity index (χ0v) is 18.0. The van der Waals surface area contributed by atoms with Gasteiger partial charge in [-0.15, -0.1) is 0 Å². The quantitative estimate of drug-likeness (QED) is 0.333. The number of nitrogens with one attached hydrogen (secondary N) is 1. The molecule has 31 heavy (non-hydrogen) atoms. The van der Waals surface area contributed by atoms with Gasteiger partial charge >= 0.3 is 6.18 Å². The first-order valence-electron chi connectivity index (χ1n) is 9.23. The second kappa shape index (κ2) is 7.88. The van der Waals surface area contributed by atoms with Crippen molar-refractivity contribution in [3.8, 4) is 0 Å². The summed E-state index contributed by atoms with van der Waals surface area (Å²) in [6.45, 7) is 6.17. The fraction of sp³-hybridized carbons (Fsp3) is 0.286. The Morgan fingerprint density at radius 1 is 1.26 bits per heavy atom. The largest absolute Gasteiger partial charge is 0.416 e. The third kappa shape index (κ3) is 4.51. The van der Waals surface area contributed by atoms with E-state index in [1.807, 2.05) is 26.1 Å². The predicted octanol–water partition coefficient (Wildman–Crippen LogP) is 6.34. The van der Waals surface area contributed by atoms with E-state index < -0.39 is 22.4 Å². The first kappa shape index (κ1) is 22.6. The molecule has 0 saturated heterocycles. The molecule has 0 bridgehead atoms. The van der Waals surface area contributed by atoms with Gasteiger partial charge in [0.15, 0.2) is 0 Å². The second-order valence-electron chi connectivity index (χ2n) is 7.79. The number of hydrazone groups is 1. The Morgan fingerprint density at radius 3 is 2.55 bits per heavy atom. The Kier molecular flexibility index (Phi) is 5.75. The lowest BCUT2D eigenvalue weighted by Gasteiger charge is -2.40. The van der Waals surface area contributed by atoms with Crippen LogP contribution in [-0.4, -0.2) is 23.7 Å². The molecule has 3 rings (SSSR count). The molecule has 0 aliphatic carbocycles. The maximum Gasteiger partial charge on any atom is 0.416 e. The highest BCUT2D eigenvalue weighted by Crippen LogP contribution is 2.40. The number of nitrogens with zero attached hydrogens (tertiary/aromatic N) is 3. The van der Waals surface area contributed by atoms with Crippen molar-refractivity contribution in [2.45, 2.75) is 32.5 Å². The summed E-state index contributed by atoms with van der Waals surface area (Å²) in [4.78, 5) is 12.4. The average Bonchev–Trinajstić information content (AvgIpc) is 2.66. The smallest absolute Gasteiger partial charge is 0.365 e. The fourth-order valence-electron chi connectivity index (χ4n) is 3.41. The fourth-order valence-corrected chi connectivity index (χ4v) is 3.62. The lowest BCUT2D eigenvalue weighted by atomic mass is 9.88. The van der Waals surface area contributed by atoms with Crippen molar-refractivity contribution in [3.05, 3.63) is 68.2 Å². The summed E-state index contributed by atoms with van der Waals surface area (Å²) < 4.78 is 38.5. The van der Waals surface area contributed by atoms with Crippen LogP contribution in [0, 0.1) is 10.1 Å². The van der Waals surface area contributed by atoms with Crippen LogP contribution in [-0.2, 0) is 6.18 Å². The molecule has 2 aromatic rings. The van der Waals surface area contributed by atoms with Gasteiger partial charge in [0.25, 0.3) is 5.69 Å². The predicted molar refractivity (Wildman–Crippen MR) is 117 cm³/mol. The van der Waals surface area contributed by atoms with Gasteiger partial charge in [-0.2, -0.15) is 18.3 Å². The number of nitro benzene ring substituents is 1. The van der Waals surface area contributed by atoms with E-state index in [4.69, 9.17) is 11.6 Å². The monoisotopic (exact) mass is 452 g/mol. The zero-order chi connectivity index (χ0) is 23.1. The second-order valence-corrected chi connectivity index (χ2v) is 8.19. The van der Waals surface area contributed by atoms with Crippen LogP contribution < -0.4 is 10.3 Å². The van der Waals surface area contributed by atoms with E-state index in [0.717, 1.165) is 29.0 Å². The zero-order valence-electron chi connectivity index (χ0n) is 17.2. The van der Waals surface area contributed by atoms with Crippen molar-refractivity contribution in [2.24, 2.45) is 5.10 Å². The van der Waals surface area contributed by atoms with Crippen molar-refractivity contribution >= 4 is 40.5 Å². The Balaban J connectivity index is 1.91. The van der Waals surface area contributed by atoms with Gasteiger partial charge in [-0.05, 0) is 50.6 Å². The number of alkyl halides is 3. The molecule has 0 amide bonds. The molecule has 10 heteroatoms. The maximum atomic E-state index is 12.8. The van der Waals surface area contributed by atoms with E-state index in [9.17, 15) is 23.3 Å². The van der Waals surface area contributed by atoms with Crippen LogP contribution in [0.15, 0.2) is 41.5 Å². The number of allylic oxidation sites excluding steroid dienone is 1. The van der Waals surface area contributed by atoms with Crippen molar-refractivity contribution in [1.82, 2.24) is 0 Å². The molecule has 0 saturated carbocycles. The summed E-state index contributed by atoms with van der Waals surface area (Å²) in [5.41, 5.74) is 3.80. The number of hydrogen-bond acceptors (Lipinski definition) is 5. The van der Waals surface area contributed by atoms with E-state index >= 15 is 0 Å². The molecule has 0 unspecified atom stereocenters. The molecule has 6 nitrogen and oxygen atoms in total. The maximum absolute atomic E-state index is 12.8. The third-order valence-corrected chi connectivity index (χ3v) is 5.57. The highest BCUT2D eigenvalue weighted by molar-refractivity contribution is 6.33. The number of nitro groups is 1. The Labute approximate surface area is 182 Å². The Hall–Kier alpha value is -3.07. The molecule has 2 aromatic carbocycles. The lowest BCUT2D eigenvalue weighted by molar-refractivity contribution is -0.384. The van der Waals surface area contributed by atoms with E-state index in [0.29, 0.717) is 16.7 Å². The van der Waals surface area contributed by atoms with Gasteiger partial charge in [0.1, 0.15) is 5.69 Å². The van der Waals surface area contributed by atoms with Crippen molar-refractivity contribution in [3.63, 3.8) is 0 Å². The Morgan fingerprint density at radius 2 is 1.94 bits per heavy atom. The minimum absolute atomic E-state index is 0.166. The number of halogens is 4. The minimum atomic E-state index is -4.68. The minimum Gasteiger partial charge on any atom is -0.365 e. The average molecular weight is 453 g/mol. The van der Waals surface area contributed by atoms with Crippen molar-refractivity contribution in [1.29, 1.82) is 0 Å². The number of anilines is 2. The van der Waals surface area contributed by atoms with Crippen LogP contribution in [0.5, 0.6) is 0 Å². The van der Waals surface area contributed by atoms with Crippen LogP contribution in [0.1, 0.15) is 37.5 Å². The number of benzene rings is 2. The summed E-state index contributed by atoms with van der Waals surface area (Å²) in [5.74, 6) is 0. The first-order chi connectivity index (χ1) is 14.3. The van der Waals surface area contributed by atoms with E-state index in [1.165, 1.54) is 6.21 Å². The van der Waals surface area contributed by atoms with Gasteiger partial charge in [-0.25, -0.2) is 0 Å². The van der Waals surface area contributed by atoms with Gasteiger partial charge in [0.05, 0.1) is 27.3 Å². The highest BCUT2D eigenvalue weighted by Gasteiger charge is 2.33.